The van der Waals surface area contributed by atoms with E-state index in [1.165, 1.54) is 27.2 Å². The number of cyclic esters (lactones) is 2. The third-order valence-electron chi connectivity index (χ3n) is 6.95. The number of aromatic nitrogens is 1. The molecule has 2 saturated heterocycles. The van der Waals surface area contributed by atoms with Crippen molar-refractivity contribution in [2.75, 3.05) is 32.1 Å². The molecule has 0 bridgehead atoms. The van der Waals surface area contributed by atoms with Crippen LogP contribution in [0.4, 0.5) is 10.1 Å². The Kier molecular flexibility index (Phi) is 6.98. The molecule has 200 valence electrons. The zero-order valence-electron chi connectivity index (χ0n) is 21.0. The normalized spacial score (nSPS) is 21.4. The van der Waals surface area contributed by atoms with Gasteiger partial charge in [0.25, 0.3) is 5.79 Å². The highest BCUT2D eigenvalue weighted by molar-refractivity contribution is 6.22. The van der Waals surface area contributed by atoms with Crippen LogP contribution in [-0.4, -0.2) is 61.4 Å². The van der Waals surface area contributed by atoms with Crippen LogP contribution in [0.15, 0.2) is 17.1 Å². The van der Waals surface area contributed by atoms with E-state index in [4.69, 9.17) is 14.2 Å². The molecule has 3 fully saturated rings. The van der Waals surface area contributed by atoms with Gasteiger partial charge in [0.1, 0.15) is 5.69 Å². The molecule has 0 radical (unpaired) electrons. The lowest BCUT2D eigenvalue weighted by molar-refractivity contribution is -0.236. The smallest absolute Gasteiger partial charge is 0.331 e. The van der Waals surface area contributed by atoms with E-state index < -0.39 is 46.2 Å². The second kappa shape index (κ2) is 9.60. The minimum atomic E-state index is -1.93. The predicted molar refractivity (Wildman–Crippen MR) is 134 cm³/mol. The van der Waals surface area contributed by atoms with E-state index in [0.29, 0.717) is 18.6 Å². The van der Waals surface area contributed by atoms with Crippen LogP contribution >= 0.6 is 12.4 Å². The Morgan fingerprint density at radius 2 is 1.81 bits per heavy atom. The van der Waals surface area contributed by atoms with Gasteiger partial charge in [-0.05, 0) is 32.4 Å². The molecular weight excluding hydrogens is 509 g/mol. The summed E-state index contributed by atoms with van der Waals surface area (Å²) in [7, 11) is 3.27. The van der Waals surface area contributed by atoms with Crippen molar-refractivity contribution in [1.82, 2.24) is 9.88 Å². The number of likely N-dealkylation sites (N-methyl/N-ethyl adjacent to an activating group) is 1. The number of hydrogen-bond donors (Lipinski definition) is 1. The summed E-state index contributed by atoms with van der Waals surface area (Å²) < 4.78 is 33.1. The molecule has 1 saturated carbocycles. The van der Waals surface area contributed by atoms with Crippen LogP contribution < -0.4 is 20.4 Å². The Morgan fingerprint density at radius 3 is 2.35 bits per heavy atom. The number of halogens is 2. The van der Waals surface area contributed by atoms with Gasteiger partial charge in [-0.3, -0.25) is 19.2 Å². The molecule has 1 atom stereocenters. The number of Topliss-reactive ketones (excluding diaryl/α,β-unsaturated/α-hetero) is 1. The van der Waals surface area contributed by atoms with Gasteiger partial charge in [0, 0.05) is 45.2 Å². The number of ketones is 1. The van der Waals surface area contributed by atoms with E-state index in [1.807, 2.05) is 11.9 Å². The van der Waals surface area contributed by atoms with Crippen molar-refractivity contribution in [1.29, 1.82) is 0 Å². The average molecular weight is 538 g/mol. The summed E-state index contributed by atoms with van der Waals surface area (Å²) in [5, 5.41) is 3.13. The number of carbonyl (C=O) groups is 3. The van der Waals surface area contributed by atoms with Crippen molar-refractivity contribution in [3.05, 3.63) is 33.9 Å². The molecule has 0 amide bonds. The molecule has 2 aliphatic heterocycles. The highest BCUT2D eigenvalue weighted by Gasteiger charge is 2.48. The van der Waals surface area contributed by atoms with Crippen molar-refractivity contribution >= 4 is 46.7 Å². The van der Waals surface area contributed by atoms with Crippen LogP contribution in [0.2, 0.25) is 0 Å². The lowest BCUT2D eigenvalue weighted by Crippen LogP contribution is -2.49. The predicted octanol–water partition coefficient (Wildman–Crippen LogP) is 2.34. The monoisotopic (exact) mass is 537 g/mol. The summed E-state index contributed by atoms with van der Waals surface area (Å²) in [4.78, 5) is 53.7. The first-order chi connectivity index (χ1) is 17.1. The van der Waals surface area contributed by atoms with E-state index in [9.17, 15) is 19.2 Å². The number of benzene rings is 1. The number of rotatable bonds is 6. The van der Waals surface area contributed by atoms with Crippen molar-refractivity contribution in [3.8, 4) is 5.75 Å². The second-order valence-electron chi connectivity index (χ2n) is 9.91. The van der Waals surface area contributed by atoms with E-state index in [-0.39, 0.29) is 41.3 Å². The summed E-state index contributed by atoms with van der Waals surface area (Å²) in [5.41, 5.74) is -0.563. The van der Waals surface area contributed by atoms with Crippen LogP contribution in [0.25, 0.3) is 10.9 Å². The van der Waals surface area contributed by atoms with Gasteiger partial charge in [0.2, 0.25) is 5.92 Å². The Balaban J connectivity index is 0.00000320. The van der Waals surface area contributed by atoms with Gasteiger partial charge in [-0.25, -0.2) is 4.39 Å². The first kappa shape index (κ1) is 26.9. The van der Waals surface area contributed by atoms with Crippen molar-refractivity contribution < 1.29 is 33.0 Å². The molecule has 1 N–H and O–H groups in total. The summed E-state index contributed by atoms with van der Waals surface area (Å²) >= 11 is 0. The minimum absolute atomic E-state index is 0. The van der Waals surface area contributed by atoms with Crippen LogP contribution in [0.5, 0.6) is 5.75 Å². The molecule has 3 heterocycles. The maximum atomic E-state index is 15.6. The van der Waals surface area contributed by atoms with Crippen molar-refractivity contribution in [2.45, 2.75) is 51.0 Å². The molecule has 37 heavy (non-hydrogen) atoms. The van der Waals surface area contributed by atoms with Gasteiger partial charge in [0.15, 0.2) is 22.8 Å². The number of hydrogen-bond acceptors (Lipinski definition) is 9. The number of anilines is 1. The van der Waals surface area contributed by atoms with Gasteiger partial charge in [-0.2, -0.15) is 0 Å². The zero-order chi connectivity index (χ0) is 25.9. The third kappa shape index (κ3) is 4.54. The van der Waals surface area contributed by atoms with Crippen LogP contribution in [0.3, 0.4) is 0 Å². The third-order valence-corrected chi connectivity index (χ3v) is 6.95. The topological polar surface area (TPSA) is 116 Å². The number of ether oxygens (including phenoxy) is 3. The zero-order valence-corrected chi connectivity index (χ0v) is 21.8. The lowest BCUT2D eigenvalue weighted by Gasteiger charge is -2.32. The van der Waals surface area contributed by atoms with Gasteiger partial charge >= 0.3 is 11.9 Å². The molecule has 1 aliphatic carbocycles. The van der Waals surface area contributed by atoms with Crippen LogP contribution in [-0.2, 0) is 19.1 Å². The SMILES string of the molecule is CNC1CCN(c2c(F)cc3c(=O)c(C(=O)C4C(=O)OC(C)(C)OC4=O)cn(C4CC4)c3c2OC)C1.Cl. The highest BCUT2D eigenvalue weighted by Crippen LogP contribution is 2.44. The lowest BCUT2D eigenvalue weighted by atomic mass is 9.95. The maximum Gasteiger partial charge on any atom is 0.331 e. The summed E-state index contributed by atoms with van der Waals surface area (Å²) in [6.07, 6.45) is 3.74. The van der Waals surface area contributed by atoms with Crippen molar-refractivity contribution in [3.63, 3.8) is 0 Å². The number of nitrogens with one attached hydrogen (secondary N) is 1. The average Bonchev–Trinajstić information content (AvgIpc) is 3.54. The fraction of sp³-hybridized carbons (Fsp3) is 0.520. The molecule has 0 spiro atoms. The number of esters is 2. The molecule has 3 aliphatic rings. The van der Waals surface area contributed by atoms with E-state index in [2.05, 4.69) is 5.32 Å². The largest absolute Gasteiger partial charge is 0.492 e. The Hall–Kier alpha value is -3.18. The quantitative estimate of drug-likeness (QED) is 0.336. The van der Waals surface area contributed by atoms with Gasteiger partial charge < -0.3 is 29.0 Å². The number of fused-ring (bicyclic) bond motifs is 1. The van der Waals surface area contributed by atoms with Gasteiger partial charge in [-0.15, -0.1) is 12.4 Å². The Morgan fingerprint density at radius 1 is 1.16 bits per heavy atom. The fourth-order valence-electron chi connectivity index (χ4n) is 5.04. The van der Waals surface area contributed by atoms with Crippen LogP contribution in [0, 0.1) is 11.7 Å². The molecule has 2 aromatic rings. The molecule has 10 nitrogen and oxygen atoms in total. The second-order valence-corrected chi connectivity index (χ2v) is 9.91. The molecule has 12 heteroatoms. The van der Waals surface area contributed by atoms with Gasteiger partial charge in [0.05, 0.1) is 23.6 Å². The van der Waals surface area contributed by atoms with E-state index in [0.717, 1.165) is 25.3 Å². The molecule has 1 aromatic heterocycles. The number of methoxy groups -OCH3 is 1. The Bertz CT molecular complexity index is 1330. The Labute approximate surface area is 218 Å². The summed E-state index contributed by atoms with van der Waals surface area (Å²) in [6.45, 7) is 3.91. The minimum Gasteiger partial charge on any atom is -0.492 e. The van der Waals surface area contributed by atoms with E-state index >= 15 is 4.39 Å². The summed E-state index contributed by atoms with van der Waals surface area (Å²) in [5.74, 6) is -7.11. The molecule has 1 unspecified atom stereocenters. The molecule has 1 aromatic carbocycles. The number of pyridine rings is 1. The molecular formula is C25H29ClFN3O7. The van der Waals surface area contributed by atoms with Gasteiger partial charge in [-0.1, -0.05) is 0 Å². The highest BCUT2D eigenvalue weighted by atomic mass is 35.5. The summed E-state index contributed by atoms with van der Waals surface area (Å²) in [6, 6.07) is 1.26. The maximum absolute atomic E-state index is 15.6. The standard InChI is InChI=1S/C25H28FN3O7.ClH/c1-25(2)35-23(32)17(24(33)36-25)21(31)15-11-29(13-5-6-13)18-14(20(15)30)9-16(26)19(22(18)34-4)28-8-7-12(10-28)27-3;/h9,11-13,17,27H,5-8,10H2,1-4H3;1H. The fourth-order valence-corrected chi connectivity index (χ4v) is 5.04. The first-order valence-corrected chi connectivity index (χ1v) is 11.9. The van der Waals surface area contributed by atoms with Crippen LogP contribution in [0.1, 0.15) is 49.5 Å². The first-order valence-electron chi connectivity index (χ1n) is 11.9. The van der Waals surface area contributed by atoms with Crippen molar-refractivity contribution in [2.24, 2.45) is 5.92 Å². The number of nitrogens with zero attached hydrogens (tertiary/aromatic N) is 2. The number of carbonyl (C=O) groups excluding carboxylic acids is 3. The molecule has 5 rings (SSSR count). The van der Waals surface area contributed by atoms with E-state index in [1.54, 1.807) is 4.57 Å².